The maximum atomic E-state index is 13.4. The molecule has 30 heavy (non-hydrogen) atoms. The van der Waals surface area contributed by atoms with Crippen molar-refractivity contribution < 1.29 is 14.7 Å². The number of halogens is 1. The number of hydrogen-bond donors (Lipinski definition) is 2. The molecule has 2 aromatic carbocycles. The number of likely N-dealkylation sites (tertiary alicyclic amines) is 1. The Morgan fingerprint density at radius 1 is 1.13 bits per heavy atom. The van der Waals surface area contributed by atoms with Crippen LogP contribution in [0.1, 0.15) is 55.1 Å². The maximum absolute atomic E-state index is 13.4. The Morgan fingerprint density at radius 3 is 2.47 bits per heavy atom. The number of hydrogen-bond acceptors (Lipinski definition) is 3. The fraction of sp³-hybridized carbons (Fsp3) is 0.417. The van der Waals surface area contributed by atoms with E-state index in [1.54, 1.807) is 24.3 Å². The number of aliphatic hydroxyl groups excluding tert-OH is 1. The van der Waals surface area contributed by atoms with Crippen LogP contribution in [-0.2, 0) is 4.79 Å². The molecule has 0 aliphatic carbocycles. The van der Waals surface area contributed by atoms with E-state index in [0.29, 0.717) is 23.6 Å². The van der Waals surface area contributed by atoms with Gasteiger partial charge in [-0.25, -0.2) is 0 Å². The first-order valence-electron chi connectivity index (χ1n) is 10.5. The molecule has 0 radical (unpaired) electrons. The first-order chi connectivity index (χ1) is 14.4. The Kier molecular flexibility index (Phi) is 7.51. The van der Waals surface area contributed by atoms with Gasteiger partial charge >= 0.3 is 0 Å². The summed E-state index contributed by atoms with van der Waals surface area (Å²) in [4.78, 5) is 27.9. The van der Waals surface area contributed by atoms with E-state index in [2.05, 4.69) is 5.32 Å². The highest BCUT2D eigenvalue weighted by atomic mass is 35.5. The summed E-state index contributed by atoms with van der Waals surface area (Å²) >= 11 is 6.14. The van der Waals surface area contributed by atoms with Gasteiger partial charge in [-0.3, -0.25) is 9.59 Å². The molecule has 1 fully saturated rings. The number of nitrogens with zero attached hydrogens (tertiary/aromatic N) is 1. The molecule has 0 saturated carbocycles. The van der Waals surface area contributed by atoms with Crippen LogP contribution in [0, 0.1) is 5.92 Å². The van der Waals surface area contributed by atoms with Crippen LogP contribution in [0.25, 0.3) is 0 Å². The molecule has 5 nitrogen and oxygen atoms in total. The van der Waals surface area contributed by atoms with Crippen molar-refractivity contribution in [1.29, 1.82) is 0 Å². The molecule has 1 aliphatic rings. The van der Waals surface area contributed by atoms with Gasteiger partial charge in [0.25, 0.3) is 5.91 Å². The van der Waals surface area contributed by atoms with Crippen molar-refractivity contribution in [3.63, 3.8) is 0 Å². The molecule has 160 valence electrons. The highest BCUT2D eigenvalue weighted by Gasteiger charge is 2.36. The quantitative estimate of drug-likeness (QED) is 0.694. The monoisotopic (exact) mass is 428 g/mol. The Labute approximate surface area is 183 Å². The predicted octanol–water partition coefficient (Wildman–Crippen LogP) is 4.21. The lowest BCUT2D eigenvalue weighted by atomic mass is 9.98. The molecule has 1 heterocycles. The summed E-state index contributed by atoms with van der Waals surface area (Å²) in [6, 6.07) is 15.6. The van der Waals surface area contributed by atoms with Gasteiger partial charge in [-0.15, -0.1) is 0 Å². The van der Waals surface area contributed by atoms with Crippen molar-refractivity contribution >= 4 is 23.4 Å². The fourth-order valence-electron chi connectivity index (χ4n) is 4.00. The van der Waals surface area contributed by atoms with Crippen LogP contribution in [-0.4, -0.2) is 40.4 Å². The standard InChI is InChI=1S/C24H29ClN2O3/c1-16(2)22(26-23(29)19-12-6-7-13-20(19)25)24(30)27-14-8-11-18(27)15-21(28)17-9-4-3-5-10-17/h3-7,9-10,12-13,16,18,21-22,28H,8,11,14-15H2,1-2H3,(H,26,29)/t18-,21+,22-/m0/s1. The molecule has 3 rings (SSSR count). The molecule has 1 saturated heterocycles. The predicted molar refractivity (Wildman–Crippen MR) is 118 cm³/mol. The number of carbonyl (C=O) groups excluding carboxylic acids is 2. The minimum Gasteiger partial charge on any atom is -0.388 e. The average Bonchev–Trinajstić information content (AvgIpc) is 3.20. The third-order valence-corrected chi connectivity index (χ3v) is 6.01. The number of amides is 2. The second-order valence-corrected chi connectivity index (χ2v) is 8.57. The number of nitrogens with one attached hydrogen (secondary N) is 1. The lowest BCUT2D eigenvalue weighted by molar-refractivity contribution is -0.135. The molecule has 1 aliphatic heterocycles. The van der Waals surface area contributed by atoms with Crippen molar-refractivity contribution in [2.45, 2.75) is 51.3 Å². The van der Waals surface area contributed by atoms with Crippen molar-refractivity contribution in [2.75, 3.05) is 6.54 Å². The number of rotatable bonds is 7. The largest absolute Gasteiger partial charge is 0.388 e. The van der Waals surface area contributed by atoms with Gasteiger partial charge in [-0.2, -0.15) is 0 Å². The highest BCUT2D eigenvalue weighted by Crippen LogP contribution is 2.28. The van der Waals surface area contributed by atoms with E-state index in [0.717, 1.165) is 18.4 Å². The summed E-state index contributed by atoms with van der Waals surface area (Å²) in [7, 11) is 0. The van der Waals surface area contributed by atoms with Crippen molar-refractivity contribution in [2.24, 2.45) is 5.92 Å². The van der Waals surface area contributed by atoms with Gasteiger partial charge in [0.2, 0.25) is 5.91 Å². The maximum Gasteiger partial charge on any atom is 0.253 e. The molecule has 3 atom stereocenters. The molecule has 2 aromatic rings. The minimum atomic E-state index is -0.650. The van der Waals surface area contributed by atoms with Gasteiger partial charge < -0.3 is 15.3 Å². The molecule has 0 unspecified atom stereocenters. The van der Waals surface area contributed by atoms with Crippen LogP contribution >= 0.6 is 11.6 Å². The summed E-state index contributed by atoms with van der Waals surface area (Å²) in [6.07, 6.45) is 1.60. The summed E-state index contributed by atoms with van der Waals surface area (Å²) in [5.74, 6) is -0.537. The smallest absolute Gasteiger partial charge is 0.253 e. The van der Waals surface area contributed by atoms with E-state index in [9.17, 15) is 14.7 Å². The topological polar surface area (TPSA) is 69.6 Å². The summed E-state index contributed by atoms with van der Waals surface area (Å²) in [5.41, 5.74) is 1.21. The number of benzene rings is 2. The van der Waals surface area contributed by atoms with Crippen LogP contribution < -0.4 is 5.32 Å². The molecule has 2 amide bonds. The Morgan fingerprint density at radius 2 is 1.80 bits per heavy atom. The van der Waals surface area contributed by atoms with E-state index >= 15 is 0 Å². The Balaban J connectivity index is 1.71. The van der Waals surface area contributed by atoms with Crippen LogP contribution in [0.5, 0.6) is 0 Å². The Bertz CT molecular complexity index is 872. The van der Waals surface area contributed by atoms with E-state index < -0.39 is 12.1 Å². The van der Waals surface area contributed by atoms with Crippen LogP contribution in [0.4, 0.5) is 0 Å². The molecule has 2 N–H and O–H groups in total. The minimum absolute atomic E-state index is 0.0498. The zero-order valence-corrected chi connectivity index (χ0v) is 18.2. The number of aliphatic hydroxyl groups is 1. The lowest BCUT2D eigenvalue weighted by Gasteiger charge is -2.32. The molecule has 0 aromatic heterocycles. The molecule has 0 bridgehead atoms. The molecular formula is C24H29ClN2O3. The highest BCUT2D eigenvalue weighted by molar-refractivity contribution is 6.33. The van der Waals surface area contributed by atoms with Crippen LogP contribution in [0.3, 0.4) is 0 Å². The van der Waals surface area contributed by atoms with Gasteiger partial charge in [0, 0.05) is 12.6 Å². The average molecular weight is 429 g/mol. The van der Waals surface area contributed by atoms with Gasteiger partial charge in [0.15, 0.2) is 0 Å². The molecular weight excluding hydrogens is 400 g/mol. The second kappa shape index (κ2) is 10.1. The van der Waals surface area contributed by atoms with Gasteiger partial charge in [-0.05, 0) is 42.9 Å². The van der Waals surface area contributed by atoms with Crippen LogP contribution in [0.15, 0.2) is 54.6 Å². The van der Waals surface area contributed by atoms with E-state index in [1.807, 2.05) is 49.1 Å². The Hall–Kier alpha value is -2.37. The number of carbonyl (C=O) groups is 2. The second-order valence-electron chi connectivity index (χ2n) is 8.16. The van der Waals surface area contributed by atoms with Crippen LogP contribution in [0.2, 0.25) is 5.02 Å². The summed E-state index contributed by atoms with van der Waals surface area (Å²) < 4.78 is 0. The van der Waals surface area contributed by atoms with Gasteiger partial charge in [-0.1, -0.05) is 67.9 Å². The third kappa shape index (κ3) is 5.21. The zero-order valence-electron chi connectivity index (χ0n) is 17.4. The van der Waals surface area contributed by atoms with E-state index in [4.69, 9.17) is 11.6 Å². The summed E-state index contributed by atoms with van der Waals surface area (Å²) in [5, 5.41) is 13.9. The lowest BCUT2D eigenvalue weighted by Crippen LogP contribution is -2.52. The van der Waals surface area contributed by atoms with Gasteiger partial charge in [0.1, 0.15) is 6.04 Å². The van der Waals surface area contributed by atoms with Crippen molar-refractivity contribution in [1.82, 2.24) is 10.2 Å². The fourth-order valence-corrected chi connectivity index (χ4v) is 4.22. The normalized spacial score (nSPS) is 18.3. The van der Waals surface area contributed by atoms with Gasteiger partial charge in [0.05, 0.1) is 16.7 Å². The summed E-state index contributed by atoms with van der Waals surface area (Å²) in [6.45, 7) is 4.47. The van der Waals surface area contributed by atoms with Crippen molar-refractivity contribution in [3.05, 3.63) is 70.7 Å². The zero-order chi connectivity index (χ0) is 21.7. The molecule has 6 heteroatoms. The van der Waals surface area contributed by atoms with Crippen molar-refractivity contribution in [3.8, 4) is 0 Å². The third-order valence-electron chi connectivity index (χ3n) is 5.68. The van der Waals surface area contributed by atoms with E-state index in [-0.39, 0.29) is 23.8 Å². The van der Waals surface area contributed by atoms with E-state index in [1.165, 1.54) is 0 Å². The SMILES string of the molecule is CC(C)[C@H](NC(=O)c1ccccc1Cl)C(=O)N1CCC[C@H]1C[C@@H](O)c1ccccc1. The molecule has 0 spiro atoms. The first-order valence-corrected chi connectivity index (χ1v) is 10.8. The first kappa shape index (κ1) is 22.3.